The number of nitrogen functional groups attached to an aromatic ring is 1. The van der Waals surface area contributed by atoms with Crippen LogP contribution in [0.4, 0.5) is 16.2 Å². The third kappa shape index (κ3) is 4.67. The van der Waals surface area contributed by atoms with Crippen LogP contribution in [0.25, 0.3) is 22.4 Å². The van der Waals surface area contributed by atoms with Crippen molar-refractivity contribution in [2.45, 2.75) is 12.8 Å². The molecule has 156 valence electrons. The van der Waals surface area contributed by atoms with Gasteiger partial charge in [-0.1, -0.05) is 49.4 Å². The third-order valence-electron chi connectivity index (χ3n) is 5.07. The highest BCUT2D eigenvalue weighted by molar-refractivity contribution is 5.88. The molecule has 4 aromatic rings. The van der Waals surface area contributed by atoms with Gasteiger partial charge in [-0.15, -0.1) is 0 Å². The molecule has 4 rings (SSSR count). The van der Waals surface area contributed by atoms with E-state index < -0.39 is 0 Å². The minimum absolute atomic E-state index is 0.264. The number of pyridine rings is 1. The number of halogens is 1. The van der Waals surface area contributed by atoms with E-state index in [0.29, 0.717) is 29.6 Å². The first kappa shape index (κ1) is 20.4. The number of nitrogens with two attached hydrogens (primary N) is 1. The summed E-state index contributed by atoms with van der Waals surface area (Å²) >= 11 is 0. The van der Waals surface area contributed by atoms with Gasteiger partial charge in [0, 0.05) is 24.5 Å². The first-order valence-corrected chi connectivity index (χ1v) is 9.99. The number of rotatable bonds is 7. The Morgan fingerprint density at radius 2 is 1.61 bits per heavy atom. The van der Waals surface area contributed by atoms with Gasteiger partial charge in [-0.2, -0.15) is 4.98 Å². The highest BCUT2D eigenvalue weighted by atomic mass is 19.1. The molecule has 2 heterocycles. The second kappa shape index (κ2) is 9.32. The average molecular weight is 414 g/mol. The number of hydrogen-bond donors (Lipinski definition) is 3. The molecule has 0 spiro atoms. The maximum absolute atomic E-state index is 13.5. The standard InChI is InChI=1S/C24H23FN6/c1-16(17-5-3-2-4-6-17)15-28-24-29-22(19-11-13-27-14-12-19)21(23(30-24)31-26)18-7-9-20(25)10-8-18/h2-14,16H,15,26H2,1H3,(H2,28,29,30,31). The van der Waals surface area contributed by atoms with Gasteiger partial charge in [0.1, 0.15) is 5.82 Å². The van der Waals surface area contributed by atoms with Crippen LogP contribution >= 0.6 is 0 Å². The zero-order valence-electron chi connectivity index (χ0n) is 17.1. The van der Waals surface area contributed by atoms with Crippen molar-refractivity contribution in [1.82, 2.24) is 15.0 Å². The summed E-state index contributed by atoms with van der Waals surface area (Å²) in [5.74, 6) is 6.68. The molecule has 4 N–H and O–H groups in total. The molecule has 31 heavy (non-hydrogen) atoms. The second-order valence-electron chi connectivity index (χ2n) is 7.20. The number of hydrazine groups is 1. The first-order valence-electron chi connectivity index (χ1n) is 9.99. The maximum atomic E-state index is 13.5. The molecular formula is C24H23FN6. The molecule has 0 aliphatic carbocycles. The van der Waals surface area contributed by atoms with Crippen LogP contribution in [0.1, 0.15) is 18.4 Å². The van der Waals surface area contributed by atoms with Gasteiger partial charge >= 0.3 is 0 Å². The summed E-state index contributed by atoms with van der Waals surface area (Å²) in [5, 5.41) is 3.32. The van der Waals surface area contributed by atoms with Gasteiger partial charge in [-0.3, -0.25) is 4.98 Å². The molecule has 0 aliphatic rings. The SMILES string of the molecule is CC(CNc1nc(NN)c(-c2ccc(F)cc2)c(-c2ccncc2)n1)c1ccccc1. The van der Waals surface area contributed by atoms with E-state index >= 15 is 0 Å². The first-order chi connectivity index (χ1) is 15.2. The van der Waals surface area contributed by atoms with Crippen molar-refractivity contribution >= 4 is 11.8 Å². The number of anilines is 2. The van der Waals surface area contributed by atoms with Crippen LogP contribution in [0.15, 0.2) is 79.1 Å². The van der Waals surface area contributed by atoms with Crippen LogP contribution in [0.5, 0.6) is 0 Å². The zero-order chi connectivity index (χ0) is 21.6. The summed E-state index contributed by atoms with van der Waals surface area (Å²) in [6.45, 7) is 2.79. The molecule has 1 atom stereocenters. The van der Waals surface area contributed by atoms with Crippen molar-refractivity contribution in [3.63, 3.8) is 0 Å². The van der Waals surface area contributed by atoms with Crippen LogP contribution in [0.3, 0.4) is 0 Å². The van der Waals surface area contributed by atoms with Gasteiger partial charge in [0.05, 0.1) is 11.3 Å². The molecule has 7 heteroatoms. The van der Waals surface area contributed by atoms with Crippen LogP contribution in [0.2, 0.25) is 0 Å². The van der Waals surface area contributed by atoms with E-state index in [1.807, 2.05) is 30.3 Å². The summed E-state index contributed by atoms with van der Waals surface area (Å²) in [7, 11) is 0. The molecule has 0 aliphatic heterocycles. The number of benzene rings is 2. The van der Waals surface area contributed by atoms with Gasteiger partial charge in [0.2, 0.25) is 5.95 Å². The normalized spacial score (nSPS) is 11.7. The van der Waals surface area contributed by atoms with Crippen molar-refractivity contribution < 1.29 is 4.39 Å². The lowest BCUT2D eigenvalue weighted by atomic mass is 10.00. The van der Waals surface area contributed by atoms with E-state index in [9.17, 15) is 4.39 Å². The molecule has 0 fully saturated rings. The van der Waals surface area contributed by atoms with E-state index in [2.05, 4.69) is 39.8 Å². The van der Waals surface area contributed by atoms with Crippen molar-refractivity contribution in [3.8, 4) is 22.4 Å². The van der Waals surface area contributed by atoms with Crippen molar-refractivity contribution in [2.75, 3.05) is 17.3 Å². The fraction of sp³-hybridized carbons (Fsp3) is 0.125. The van der Waals surface area contributed by atoms with Crippen LogP contribution < -0.4 is 16.6 Å². The fourth-order valence-electron chi connectivity index (χ4n) is 3.40. The highest BCUT2D eigenvalue weighted by Crippen LogP contribution is 2.36. The molecule has 0 saturated carbocycles. The second-order valence-corrected chi connectivity index (χ2v) is 7.20. The van der Waals surface area contributed by atoms with Crippen LogP contribution in [0, 0.1) is 5.82 Å². The van der Waals surface area contributed by atoms with Crippen molar-refractivity contribution in [2.24, 2.45) is 5.84 Å². The molecule has 0 radical (unpaired) electrons. The molecule has 2 aromatic carbocycles. The lowest BCUT2D eigenvalue weighted by molar-refractivity contribution is 0.628. The summed E-state index contributed by atoms with van der Waals surface area (Å²) in [6.07, 6.45) is 3.40. The van der Waals surface area contributed by atoms with E-state index in [-0.39, 0.29) is 11.7 Å². The fourth-order valence-corrected chi connectivity index (χ4v) is 3.40. The monoisotopic (exact) mass is 414 g/mol. The number of nitrogens with zero attached hydrogens (tertiary/aromatic N) is 3. The third-order valence-corrected chi connectivity index (χ3v) is 5.07. The van der Waals surface area contributed by atoms with E-state index in [1.165, 1.54) is 17.7 Å². The average Bonchev–Trinajstić information content (AvgIpc) is 2.83. The smallest absolute Gasteiger partial charge is 0.225 e. The molecule has 0 saturated heterocycles. The summed E-state index contributed by atoms with van der Waals surface area (Å²) in [5.41, 5.74) is 6.88. The molecular weight excluding hydrogens is 391 g/mol. The largest absolute Gasteiger partial charge is 0.354 e. The Bertz CT molecular complexity index is 1130. The summed E-state index contributed by atoms with van der Waals surface area (Å²) < 4.78 is 13.5. The van der Waals surface area contributed by atoms with Gasteiger partial charge in [-0.05, 0) is 41.3 Å². The Morgan fingerprint density at radius 1 is 0.903 bits per heavy atom. The van der Waals surface area contributed by atoms with Crippen molar-refractivity contribution in [3.05, 3.63) is 90.5 Å². The molecule has 0 bridgehead atoms. The zero-order valence-corrected chi connectivity index (χ0v) is 17.1. The Kier molecular flexibility index (Phi) is 6.14. The summed E-state index contributed by atoms with van der Waals surface area (Å²) in [6, 6.07) is 20.2. The molecule has 6 nitrogen and oxygen atoms in total. The predicted octanol–water partition coefficient (Wildman–Crippen LogP) is 4.85. The van der Waals surface area contributed by atoms with Crippen LogP contribution in [-0.2, 0) is 0 Å². The maximum Gasteiger partial charge on any atom is 0.225 e. The Morgan fingerprint density at radius 3 is 2.29 bits per heavy atom. The van der Waals surface area contributed by atoms with Gasteiger partial charge < -0.3 is 10.7 Å². The lowest BCUT2D eigenvalue weighted by Crippen LogP contribution is -2.16. The number of aromatic nitrogens is 3. The molecule has 0 amide bonds. The Hall–Kier alpha value is -3.84. The van der Waals surface area contributed by atoms with Gasteiger partial charge in [0.25, 0.3) is 0 Å². The van der Waals surface area contributed by atoms with E-state index in [0.717, 1.165) is 11.1 Å². The minimum Gasteiger partial charge on any atom is -0.354 e. The van der Waals surface area contributed by atoms with E-state index in [4.69, 9.17) is 10.8 Å². The highest BCUT2D eigenvalue weighted by Gasteiger charge is 2.18. The lowest BCUT2D eigenvalue weighted by Gasteiger charge is -2.18. The number of hydrogen-bond acceptors (Lipinski definition) is 6. The topological polar surface area (TPSA) is 88.8 Å². The number of nitrogens with one attached hydrogen (secondary N) is 2. The van der Waals surface area contributed by atoms with Crippen molar-refractivity contribution in [1.29, 1.82) is 0 Å². The quantitative estimate of drug-likeness (QED) is 0.296. The summed E-state index contributed by atoms with van der Waals surface area (Å²) in [4.78, 5) is 13.4. The van der Waals surface area contributed by atoms with Gasteiger partial charge in [0.15, 0.2) is 5.82 Å². The molecule has 1 unspecified atom stereocenters. The molecule has 2 aromatic heterocycles. The Balaban J connectivity index is 1.73. The van der Waals surface area contributed by atoms with Crippen LogP contribution in [-0.4, -0.2) is 21.5 Å². The van der Waals surface area contributed by atoms with Gasteiger partial charge in [-0.25, -0.2) is 15.2 Å². The predicted molar refractivity (Wildman–Crippen MR) is 122 cm³/mol. The minimum atomic E-state index is -0.314. The Labute approximate surface area is 180 Å². The van der Waals surface area contributed by atoms with E-state index in [1.54, 1.807) is 24.5 Å².